The number of halogens is 2. The van der Waals surface area contributed by atoms with Crippen LogP contribution in [-0.2, 0) is 9.53 Å². The molecule has 1 rings (SSSR count). The van der Waals surface area contributed by atoms with Crippen LogP contribution in [0.4, 0.5) is 10.1 Å². The molecule has 0 bridgehead atoms. The lowest BCUT2D eigenvalue weighted by atomic mass is 10.1. The summed E-state index contributed by atoms with van der Waals surface area (Å²) >= 11 is 5.67. The van der Waals surface area contributed by atoms with Crippen molar-refractivity contribution in [3.05, 3.63) is 34.6 Å². The van der Waals surface area contributed by atoms with E-state index in [1.165, 1.54) is 25.3 Å². The third kappa shape index (κ3) is 3.24. The van der Waals surface area contributed by atoms with Crippen molar-refractivity contribution in [2.45, 2.75) is 6.42 Å². The number of esters is 1. The van der Waals surface area contributed by atoms with Gasteiger partial charge in [-0.05, 0) is 12.1 Å². The first-order valence-corrected chi connectivity index (χ1v) is 4.90. The Kier molecular flexibility index (Phi) is 4.31. The maximum absolute atomic E-state index is 13.2. The topological polar surface area (TPSA) is 52.3 Å². The van der Waals surface area contributed by atoms with Crippen molar-refractivity contribution in [3.8, 4) is 0 Å². The van der Waals surface area contributed by atoms with Crippen molar-refractivity contribution in [1.82, 2.24) is 0 Å². The molecule has 0 heterocycles. The average Bonchev–Trinajstić information content (AvgIpc) is 2.24. The van der Waals surface area contributed by atoms with E-state index in [9.17, 15) is 9.18 Å². The van der Waals surface area contributed by atoms with E-state index in [-0.39, 0.29) is 23.1 Å². The Morgan fingerprint density at radius 2 is 2.31 bits per heavy atom. The molecule has 16 heavy (non-hydrogen) atoms. The predicted octanol–water partition coefficient (Wildman–Crippen LogP) is 2.64. The number of carbonyl (C=O) groups is 1. The number of hydrogen-bond donors (Lipinski definition) is 1. The molecule has 0 spiro atoms. The molecule has 0 aliphatic heterocycles. The Labute approximate surface area is 97.7 Å². The fourth-order valence-electron chi connectivity index (χ4n) is 1.11. The zero-order chi connectivity index (χ0) is 12.1. The molecule has 0 saturated carbocycles. The summed E-state index contributed by atoms with van der Waals surface area (Å²) in [4.78, 5) is 10.8. The number of carbonyl (C=O) groups excluding carboxylic acids is 1. The van der Waals surface area contributed by atoms with Crippen LogP contribution in [0.3, 0.4) is 0 Å². The second-order valence-corrected chi connectivity index (χ2v) is 3.51. The lowest BCUT2D eigenvalue weighted by Crippen LogP contribution is -1.97. The number of methoxy groups -OCH3 is 1. The molecule has 0 amide bonds. The van der Waals surface area contributed by atoms with E-state index in [0.717, 1.165) is 6.07 Å². The number of rotatable bonds is 3. The highest BCUT2D eigenvalue weighted by atomic mass is 35.5. The van der Waals surface area contributed by atoms with Crippen LogP contribution in [0.25, 0.3) is 6.08 Å². The van der Waals surface area contributed by atoms with Crippen LogP contribution < -0.4 is 5.73 Å². The highest BCUT2D eigenvalue weighted by Crippen LogP contribution is 2.23. The standard InChI is InChI=1S/C11H11ClFNO2/c1-16-10(15)4-2-3-7-5-8(12)6-9(13)11(7)14/h2-3,5-6H,4,14H2,1H3. The first kappa shape index (κ1) is 12.5. The Bertz CT molecular complexity index is 432. The molecule has 3 nitrogen and oxygen atoms in total. The number of nitrogens with two attached hydrogens (primary N) is 1. The van der Waals surface area contributed by atoms with E-state index in [4.69, 9.17) is 17.3 Å². The smallest absolute Gasteiger partial charge is 0.309 e. The molecule has 1 aromatic rings. The number of ether oxygens (including phenoxy) is 1. The number of benzene rings is 1. The second kappa shape index (κ2) is 5.51. The molecule has 0 atom stereocenters. The lowest BCUT2D eigenvalue weighted by molar-refractivity contribution is -0.139. The van der Waals surface area contributed by atoms with Crippen molar-refractivity contribution in [2.24, 2.45) is 0 Å². The first-order valence-electron chi connectivity index (χ1n) is 4.52. The van der Waals surface area contributed by atoms with Gasteiger partial charge in [0.25, 0.3) is 0 Å². The van der Waals surface area contributed by atoms with E-state index < -0.39 is 5.82 Å². The van der Waals surface area contributed by atoms with Gasteiger partial charge >= 0.3 is 5.97 Å². The zero-order valence-electron chi connectivity index (χ0n) is 8.67. The third-order valence-corrected chi connectivity index (χ3v) is 2.15. The van der Waals surface area contributed by atoms with Gasteiger partial charge in [0.15, 0.2) is 0 Å². The zero-order valence-corrected chi connectivity index (χ0v) is 9.42. The van der Waals surface area contributed by atoms with Gasteiger partial charge in [0.1, 0.15) is 5.82 Å². The number of nitrogen functional groups attached to an aromatic ring is 1. The monoisotopic (exact) mass is 243 g/mol. The Hall–Kier alpha value is -1.55. The molecule has 2 N–H and O–H groups in total. The van der Waals surface area contributed by atoms with Crippen molar-refractivity contribution in [1.29, 1.82) is 0 Å². The summed E-state index contributed by atoms with van der Waals surface area (Å²) in [6.45, 7) is 0. The van der Waals surface area contributed by atoms with E-state index in [0.29, 0.717) is 5.56 Å². The first-order chi connectivity index (χ1) is 7.54. The van der Waals surface area contributed by atoms with Gasteiger partial charge in [-0.25, -0.2) is 4.39 Å². The largest absolute Gasteiger partial charge is 0.469 e. The van der Waals surface area contributed by atoms with Crippen molar-refractivity contribution >= 4 is 29.3 Å². The van der Waals surface area contributed by atoms with Gasteiger partial charge in [-0.15, -0.1) is 0 Å². The molecule has 0 saturated heterocycles. The molecule has 0 radical (unpaired) electrons. The maximum atomic E-state index is 13.2. The second-order valence-electron chi connectivity index (χ2n) is 3.07. The molecule has 0 aliphatic rings. The van der Waals surface area contributed by atoms with Crippen LogP contribution in [0.2, 0.25) is 5.02 Å². The quantitative estimate of drug-likeness (QED) is 0.656. The Balaban J connectivity index is 2.85. The summed E-state index contributed by atoms with van der Waals surface area (Å²) in [5, 5.41) is 0.254. The molecular weight excluding hydrogens is 233 g/mol. The minimum absolute atomic E-state index is 0.00511. The summed E-state index contributed by atoms with van der Waals surface area (Å²) in [5.74, 6) is -0.956. The van der Waals surface area contributed by atoms with Crippen LogP contribution in [0.15, 0.2) is 18.2 Å². The molecule has 5 heteroatoms. The van der Waals surface area contributed by atoms with Gasteiger partial charge in [-0.1, -0.05) is 23.8 Å². The maximum Gasteiger partial charge on any atom is 0.309 e. The van der Waals surface area contributed by atoms with Gasteiger partial charge in [0, 0.05) is 10.6 Å². The molecule has 0 unspecified atom stereocenters. The van der Waals surface area contributed by atoms with Crippen LogP contribution >= 0.6 is 11.6 Å². The Morgan fingerprint density at radius 1 is 1.62 bits per heavy atom. The highest BCUT2D eigenvalue weighted by Gasteiger charge is 2.04. The van der Waals surface area contributed by atoms with Crippen LogP contribution in [0, 0.1) is 5.82 Å². The normalized spacial score (nSPS) is 10.7. The van der Waals surface area contributed by atoms with E-state index in [2.05, 4.69) is 4.74 Å². The minimum atomic E-state index is -0.579. The number of hydrogen-bond acceptors (Lipinski definition) is 3. The fourth-order valence-corrected chi connectivity index (χ4v) is 1.32. The third-order valence-electron chi connectivity index (χ3n) is 1.94. The molecule has 0 fully saturated rings. The predicted molar refractivity (Wildman–Crippen MR) is 61.5 cm³/mol. The van der Waals surface area contributed by atoms with Gasteiger partial charge < -0.3 is 10.5 Å². The van der Waals surface area contributed by atoms with Gasteiger partial charge in [0.2, 0.25) is 0 Å². The van der Waals surface area contributed by atoms with E-state index in [1.54, 1.807) is 0 Å². The molecule has 0 aliphatic carbocycles. The van der Waals surface area contributed by atoms with Crippen LogP contribution in [0.5, 0.6) is 0 Å². The summed E-state index contributed by atoms with van der Waals surface area (Å²) in [6.07, 6.45) is 3.17. The summed E-state index contributed by atoms with van der Waals surface area (Å²) in [7, 11) is 1.30. The van der Waals surface area contributed by atoms with Crippen molar-refractivity contribution < 1.29 is 13.9 Å². The van der Waals surface area contributed by atoms with E-state index >= 15 is 0 Å². The van der Waals surface area contributed by atoms with Crippen LogP contribution in [-0.4, -0.2) is 13.1 Å². The fraction of sp³-hybridized carbons (Fsp3) is 0.182. The van der Waals surface area contributed by atoms with Crippen molar-refractivity contribution in [3.63, 3.8) is 0 Å². The Morgan fingerprint density at radius 3 is 2.94 bits per heavy atom. The van der Waals surface area contributed by atoms with Gasteiger partial charge in [0.05, 0.1) is 19.2 Å². The average molecular weight is 244 g/mol. The van der Waals surface area contributed by atoms with Crippen molar-refractivity contribution in [2.75, 3.05) is 12.8 Å². The molecule has 86 valence electrons. The summed E-state index contributed by atoms with van der Waals surface area (Å²) < 4.78 is 17.6. The SMILES string of the molecule is COC(=O)CC=Cc1cc(Cl)cc(F)c1N. The number of anilines is 1. The van der Waals surface area contributed by atoms with Gasteiger partial charge in [-0.3, -0.25) is 4.79 Å². The van der Waals surface area contributed by atoms with Gasteiger partial charge in [-0.2, -0.15) is 0 Å². The minimum Gasteiger partial charge on any atom is -0.469 e. The summed E-state index contributed by atoms with van der Waals surface area (Å²) in [6, 6.07) is 2.66. The summed E-state index contributed by atoms with van der Waals surface area (Å²) in [5.41, 5.74) is 5.94. The molecular formula is C11H11ClFNO2. The lowest BCUT2D eigenvalue weighted by Gasteiger charge is -2.02. The molecule has 1 aromatic carbocycles. The molecule has 0 aromatic heterocycles. The van der Waals surface area contributed by atoms with E-state index in [1.807, 2.05) is 0 Å². The van der Waals surface area contributed by atoms with Crippen LogP contribution in [0.1, 0.15) is 12.0 Å². The highest BCUT2D eigenvalue weighted by molar-refractivity contribution is 6.30.